The van der Waals surface area contributed by atoms with Gasteiger partial charge in [0.25, 0.3) is 0 Å². The summed E-state index contributed by atoms with van der Waals surface area (Å²) in [6, 6.07) is 2.74. The highest BCUT2D eigenvalue weighted by Crippen LogP contribution is 2.36. The first-order chi connectivity index (χ1) is 10.8. The maximum absolute atomic E-state index is 12.8. The molecule has 1 aliphatic carbocycles. The predicted octanol–water partition coefficient (Wildman–Crippen LogP) is 4.44. The van der Waals surface area contributed by atoms with Crippen LogP contribution in [0.15, 0.2) is 18.2 Å². The summed E-state index contributed by atoms with van der Waals surface area (Å²) < 4.78 is 43.6. The van der Waals surface area contributed by atoms with Gasteiger partial charge in [0.15, 0.2) is 0 Å². The van der Waals surface area contributed by atoms with E-state index in [-0.39, 0.29) is 17.8 Å². The number of carbonyl (C=O) groups excluding carboxylic acids is 1. The molecule has 0 spiro atoms. The molecule has 1 saturated carbocycles. The molecule has 0 bridgehead atoms. The van der Waals surface area contributed by atoms with Crippen molar-refractivity contribution in [1.82, 2.24) is 5.32 Å². The number of amides is 2. The van der Waals surface area contributed by atoms with Crippen molar-refractivity contribution in [2.24, 2.45) is 0 Å². The van der Waals surface area contributed by atoms with Crippen LogP contribution in [0.4, 0.5) is 23.7 Å². The van der Waals surface area contributed by atoms with Gasteiger partial charge in [0, 0.05) is 18.8 Å². The number of ether oxygens (including phenoxy) is 1. The average molecular weight is 351 g/mol. The number of rotatable bonds is 3. The van der Waals surface area contributed by atoms with Crippen molar-refractivity contribution < 1.29 is 22.7 Å². The lowest BCUT2D eigenvalue weighted by molar-refractivity contribution is -0.137. The monoisotopic (exact) mass is 350 g/mol. The fourth-order valence-electron chi connectivity index (χ4n) is 2.62. The maximum atomic E-state index is 12.8. The van der Waals surface area contributed by atoms with E-state index >= 15 is 0 Å². The number of nitrogens with one attached hydrogen (secondary N) is 2. The zero-order chi connectivity index (χ0) is 17.0. The molecule has 0 atom stereocenters. The Morgan fingerprint density at radius 2 is 1.91 bits per heavy atom. The molecule has 23 heavy (non-hydrogen) atoms. The third kappa shape index (κ3) is 5.00. The zero-order valence-electron chi connectivity index (χ0n) is 12.5. The van der Waals surface area contributed by atoms with Crippen molar-refractivity contribution in [2.75, 3.05) is 12.4 Å². The molecule has 0 aromatic heterocycles. The van der Waals surface area contributed by atoms with Gasteiger partial charge in [0.2, 0.25) is 0 Å². The summed E-state index contributed by atoms with van der Waals surface area (Å²) in [6.07, 6.45) is -1.10. The van der Waals surface area contributed by atoms with Gasteiger partial charge in [-0.1, -0.05) is 11.6 Å². The highest BCUT2D eigenvalue weighted by Gasteiger charge is 2.33. The van der Waals surface area contributed by atoms with Gasteiger partial charge in [-0.2, -0.15) is 13.2 Å². The molecule has 4 nitrogen and oxygen atoms in total. The van der Waals surface area contributed by atoms with E-state index in [4.69, 9.17) is 16.3 Å². The SMILES string of the molecule is COC1CCC(NC(=O)Nc2ccc(Cl)c(C(F)(F)F)c2)CC1. The van der Waals surface area contributed by atoms with Crippen LogP contribution in [-0.2, 0) is 10.9 Å². The highest BCUT2D eigenvalue weighted by molar-refractivity contribution is 6.31. The van der Waals surface area contributed by atoms with Crippen molar-refractivity contribution in [3.05, 3.63) is 28.8 Å². The van der Waals surface area contributed by atoms with Crippen molar-refractivity contribution in [1.29, 1.82) is 0 Å². The number of carbonyl (C=O) groups is 1. The van der Waals surface area contributed by atoms with Crippen molar-refractivity contribution in [3.63, 3.8) is 0 Å². The van der Waals surface area contributed by atoms with E-state index in [0.717, 1.165) is 37.8 Å². The first-order valence-electron chi connectivity index (χ1n) is 7.26. The summed E-state index contributed by atoms with van der Waals surface area (Å²) in [4.78, 5) is 11.9. The van der Waals surface area contributed by atoms with E-state index in [1.165, 1.54) is 6.07 Å². The van der Waals surface area contributed by atoms with E-state index in [1.807, 2.05) is 0 Å². The first kappa shape index (κ1) is 17.9. The molecular weight excluding hydrogens is 333 g/mol. The number of methoxy groups -OCH3 is 1. The average Bonchev–Trinajstić information content (AvgIpc) is 2.49. The van der Waals surface area contributed by atoms with E-state index in [0.29, 0.717) is 0 Å². The van der Waals surface area contributed by atoms with Crippen LogP contribution >= 0.6 is 11.6 Å². The normalized spacial score (nSPS) is 21.8. The summed E-state index contributed by atoms with van der Waals surface area (Å²) in [7, 11) is 1.66. The summed E-state index contributed by atoms with van der Waals surface area (Å²) in [5.74, 6) is 0. The summed E-state index contributed by atoms with van der Waals surface area (Å²) in [5, 5.41) is 4.78. The Balaban J connectivity index is 1.93. The minimum atomic E-state index is -4.57. The number of halogens is 4. The largest absolute Gasteiger partial charge is 0.417 e. The van der Waals surface area contributed by atoms with Crippen LogP contribution in [0, 0.1) is 0 Å². The van der Waals surface area contributed by atoms with Crippen LogP contribution in [0.5, 0.6) is 0 Å². The molecule has 8 heteroatoms. The fraction of sp³-hybridized carbons (Fsp3) is 0.533. The van der Waals surface area contributed by atoms with Crippen molar-refractivity contribution >= 4 is 23.3 Å². The quantitative estimate of drug-likeness (QED) is 0.846. The molecule has 0 radical (unpaired) electrons. The van der Waals surface area contributed by atoms with E-state index in [1.54, 1.807) is 7.11 Å². The topological polar surface area (TPSA) is 50.4 Å². The van der Waals surface area contributed by atoms with E-state index in [9.17, 15) is 18.0 Å². The van der Waals surface area contributed by atoms with Gasteiger partial charge in [-0.15, -0.1) is 0 Å². The van der Waals surface area contributed by atoms with Crippen molar-refractivity contribution in [3.8, 4) is 0 Å². The van der Waals surface area contributed by atoms with Crippen LogP contribution < -0.4 is 10.6 Å². The minimum absolute atomic E-state index is 0.00390. The zero-order valence-corrected chi connectivity index (χ0v) is 13.3. The number of anilines is 1. The van der Waals surface area contributed by atoms with Gasteiger partial charge in [-0.25, -0.2) is 4.79 Å². The van der Waals surface area contributed by atoms with Crippen molar-refractivity contribution in [2.45, 2.75) is 44.0 Å². The number of benzene rings is 1. The number of hydrogen-bond acceptors (Lipinski definition) is 2. The molecule has 0 aliphatic heterocycles. The molecule has 2 rings (SSSR count). The van der Waals surface area contributed by atoms with Gasteiger partial charge in [-0.3, -0.25) is 0 Å². The Labute approximate surface area is 137 Å². The summed E-state index contributed by atoms with van der Waals surface area (Å²) >= 11 is 5.54. The molecular formula is C15H18ClF3N2O2. The van der Waals surface area contributed by atoms with Gasteiger partial charge >= 0.3 is 12.2 Å². The Morgan fingerprint density at radius 1 is 1.26 bits per heavy atom. The molecule has 1 aromatic rings. The Morgan fingerprint density at radius 3 is 2.48 bits per heavy atom. The molecule has 2 amide bonds. The van der Waals surface area contributed by atoms with Gasteiger partial charge in [0.1, 0.15) is 0 Å². The molecule has 0 heterocycles. The summed E-state index contributed by atoms with van der Waals surface area (Å²) in [5.41, 5.74) is -0.928. The third-order valence-corrected chi connectivity index (χ3v) is 4.20. The van der Waals surface area contributed by atoms with Crippen LogP contribution in [0.25, 0.3) is 0 Å². The molecule has 1 fully saturated rings. The van der Waals surface area contributed by atoms with Crippen LogP contribution in [0.3, 0.4) is 0 Å². The minimum Gasteiger partial charge on any atom is -0.381 e. The van der Waals surface area contributed by atoms with Crippen LogP contribution in [0.2, 0.25) is 5.02 Å². The lowest BCUT2D eigenvalue weighted by Gasteiger charge is -2.28. The Bertz CT molecular complexity index is 558. The van der Waals surface area contributed by atoms with E-state index < -0.39 is 22.8 Å². The number of urea groups is 1. The van der Waals surface area contributed by atoms with Crippen LogP contribution in [0.1, 0.15) is 31.2 Å². The lowest BCUT2D eigenvalue weighted by Crippen LogP contribution is -2.41. The van der Waals surface area contributed by atoms with Gasteiger partial charge in [0.05, 0.1) is 16.7 Å². The lowest BCUT2D eigenvalue weighted by atomic mass is 9.93. The number of hydrogen-bond donors (Lipinski definition) is 2. The molecule has 128 valence electrons. The predicted molar refractivity (Wildman–Crippen MR) is 81.7 cm³/mol. The standard InChI is InChI=1S/C15H18ClF3N2O2/c1-23-11-5-2-9(3-6-11)20-14(22)21-10-4-7-13(16)12(8-10)15(17,18)19/h4,7-9,11H,2-3,5-6H2,1H3,(H2,20,21,22). The Hall–Kier alpha value is -1.47. The molecule has 1 aromatic carbocycles. The van der Waals surface area contributed by atoms with Gasteiger partial charge < -0.3 is 15.4 Å². The third-order valence-electron chi connectivity index (χ3n) is 3.87. The molecule has 1 aliphatic rings. The molecule has 0 saturated heterocycles. The summed E-state index contributed by atoms with van der Waals surface area (Å²) in [6.45, 7) is 0. The second-order valence-corrected chi connectivity index (χ2v) is 5.91. The van der Waals surface area contributed by atoms with E-state index in [2.05, 4.69) is 10.6 Å². The smallest absolute Gasteiger partial charge is 0.381 e. The first-order valence-corrected chi connectivity index (χ1v) is 7.64. The maximum Gasteiger partial charge on any atom is 0.417 e. The van der Waals surface area contributed by atoms with Gasteiger partial charge in [-0.05, 0) is 43.9 Å². The highest BCUT2D eigenvalue weighted by atomic mass is 35.5. The van der Waals surface area contributed by atoms with Crippen LogP contribution in [-0.4, -0.2) is 25.3 Å². The molecule has 2 N–H and O–H groups in total. The Kier molecular flexibility index (Phi) is 5.75. The fourth-order valence-corrected chi connectivity index (χ4v) is 2.84. The second-order valence-electron chi connectivity index (χ2n) is 5.50. The molecule has 0 unspecified atom stereocenters. The second kappa shape index (κ2) is 7.40. The number of alkyl halides is 3.